The van der Waals surface area contributed by atoms with Gasteiger partial charge in [-0.05, 0) is 0 Å². The molecule has 3 nitrogen and oxygen atoms in total. The van der Waals surface area contributed by atoms with Gasteiger partial charge in [0, 0.05) is 13.5 Å². The zero-order valence-electron chi connectivity index (χ0n) is 5.47. The fraction of sp³-hybridized carbons (Fsp3) is 0.800. The van der Waals surface area contributed by atoms with Gasteiger partial charge in [-0.1, -0.05) is 6.92 Å². The highest BCUT2D eigenvalue weighted by atomic mass is 16.5. The van der Waals surface area contributed by atoms with E-state index >= 15 is 0 Å². The van der Waals surface area contributed by atoms with E-state index in [2.05, 4.69) is 4.74 Å². The Hall–Kier alpha value is -0.570. The van der Waals surface area contributed by atoms with Crippen LogP contribution in [0.15, 0.2) is 0 Å². The summed E-state index contributed by atoms with van der Waals surface area (Å²) >= 11 is 0. The van der Waals surface area contributed by atoms with Crippen molar-refractivity contribution in [3.8, 4) is 0 Å². The molecule has 0 aromatic carbocycles. The van der Waals surface area contributed by atoms with Crippen molar-refractivity contribution in [1.82, 2.24) is 0 Å². The van der Waals surface area contributed by atoms with Crippen LogP contribution in [0.2, 0.25) is 0 Å². The number of ether oxygens (including phenoxy) is 1. The number of hydrogen-bond donors (Lipinski definition) is 1. The van der Waals surface area contributed by atoms with Gasteiger partial charge in [0.15, 0.2) is 0 Å². The molecule has 0 heterocycles. The third-order valence-corrected chi connectivity index (χ3v) is 0.516. The maximum absolute atomic E-state index is 9.96. The maximum atomic E-state index is 9.96. The first kappa shape index (κ1) is 10.4. The summed E-state index contributed by atoms with van der Waals surface area (Å²) in [6, 6.07) is 0. The van der Waals surface area contributed by atoms with Gasteiger partial charge in [0.05, 0.1) is 7.11 Å². The topological polar surface area (TPSA) is 46.5 Å². The quantitative estimate of drug-likeness (QED) is 0.502. The van der Waals surface area contributed by atoms with Crippen LogP contribution in [0.3, 0.4) is 0 Å². The molecule has 0 amide bonds. The molecule has 8 heavy (non-hydrogen) atoms. The Bertz CT molecular complexity index is 45.6. The summed E-state index contributed by atoms with van der Waals surface area (Å²) in [4.78, 5) is 9.96. The fourth-order valence-corrected chi connectivity index (χ4v) is 0.144. The Labute approximate surface area is 49.3 Å². The third kappa shape index (κ3) is 9.06. The summed E-state index contributed by atoms with van der Waals surface area (Å²) in [6.07, 6.45) is 0.469. The Balaban J connectivity index is 0. The van der Waals surface area contributed by atoms with Crippen LogP contribution >= 0.6 is 0 Å². The molecule has 0 bridgehead atoms. The van der Waals surface area contributed by atoms with Crippen molar-refractivity contribution in [1.29, 1.82) is 0 Å². The van der Waals surface area contributed by atoms with E-state index in [0.29, 0.717) is 6.42 Å². The smallest absolute Gasteiger partial charge is 0.305 e. The van der Waals surface area contributed by atoms with Gasteiger partial charge in [0.2, 0.25) is 0 Å². The largest absolute Gasteiger partial charge is 0.469 e. The Morgan fingerprint density at radius 2 is 2.00 bits per heavy atom. The number of aliphatic hydroxyl groups excluding tert-OH is 1. The molecule has 3 heteroatoms. The van der Waals surface area contributed by atoms with Crippen molar-refractivity contribution in [2.75, 3.05) is 14.2 Å². The monoisotopic (exact) mass is 120 g/mol. The summed E-state index contributed by atoms with van der Waals surface area (Å²) in [7, 11) is 2.38. The van der Waals surface area contributed by atoms with E-state index in [1.54, 1.807) is 6.92 Å². The molecule has 0 unspecified atom stereocenters. The minimum Gasteiger partial charge on any atom is -0.469 e. The van der Waals surface area contributed by atoms with E-state index < -0.39 is 0 Å². The zero-order chi connectivity index (χ0) is 6.99. The molecule has 50 valence electrons. The van der Waals surface area contributed by atoms with Crippen molar-refractivity contribution < 1.29 is 14.6 Å². The maximum Gasteiger partial charge on any atom is 0.305 e. The van der Waals surface area contributed by atoms with E-state index in [1.807, 2.05) is 0 Å². The lowest BCUT2D eigenvalue weighted by Crippen LogP contribution is -1.94. The summed E-state index contributed by atoms with van der Waals surface area (Å²) in [6.45, 7) is 1.76. The van der Waals surface area contributed by atoms with Gasteiger partial charge in [-0.3, -0.25) is 4.79 Å². The number of hydrogen-bond acceptors (Lipinski definition) is 3. The molecule has 0 saturated heterocycles. The van der Waals surface area contributed by atoms with Gasteiger partial charge in [-0.2, -0.15) is 0 Å². The molecular formula is C5H12O3. The van der Waals surface area contributed by atoms with Crippen molar-refractivity contribution in [2.24, 2.45) is 0 Å². The van der Waals surface area contributed by atoms with E-state index in [4.69, 9.17) is 5.11 Å². The van der Waals surface area contributed by atoms with Crippen LogP contribution in [0, 0.1) is 0 Å². The predicted molar refractivity (Wildman–Crippen MR) is 30.4 cm³/mol. The summed E-state index contributed by atoms with van der Waals surface area (Å²) in [5.41, 5.74) is 0. The molecule has 0 saturated carbocycles. The molecule has 0 aromatic heterocycles. The van der Waals surface area contributed by atoms with Crippen LogP contribution in [-0.2, 0) is 9.53 Å². The van der Waals surface area contributed by atoms with E-state index in [9.17, 15) is 4.79 Å². The molecule has 1 N–H and O–H groups in total. The number of carbonyl (C=O) groups excluding carboxylic acids is 1. The molecular weight excluding hydrogens is 108 g/mol. The molecule has 0 aliphatic carbocycles. The van der Waals surface area contributed by atoms with E-state index in [0.717, 1.165) is 7.11 Å². The van der Waals surface area contributed by atoms with Gasteiger partial charge in [-0.15, -0.1) is 0 Å². The predicted octanol–water partition coefficient (Wildman–Crippen LogP) is 0.178. The van der Waals surface area contributed by atoms with Crippen LogP contribution in [0.4, 0.5) is 0 Å². The van der Waals surface area contributed by atoms with Crippen LogP contribution in [0.1, 0.15) is 13.3 Å². The van der Waals surface area contributed by atoms with Crippen molar-refractivity contribution >= 4 is 5.97 Å². The normalized spacial score (nSPS) is 6.50. The van der Waals surface area contributed by atoms with E-state index in [-0.39, 0.29) is 5.97 Å². The van der Waals surface area contributed by atoms with Crippen molar-refractivity contribution in [3.63, 3.8) is 0 Å². The van der Waals surface area contributed by atoms with Gasteiger partial charge < -0.3 is 9.84 Å². The van der Waals surface area contributed by atoms with Crippen LogP contribution in [0.5, 0.6) is 0 Å². The molecule has 0 fully saturated rings. The molecule has 0 spiro atoms. The van der Waals surface area contributed by atoms with Gasteiger partial charge in [0.25, 0.3) is 0 Å². The summed E-state index contributed by atoms with van der Waals surface area (Å²) in [5, 5.41) is 7.00. The molecule has 0 aliphatic heterocycles. The van der Waals surface area contributed by atoms with Gasteiger partial charge in [-0.25, -0.2) is 0 Å². The summed E-state index contributed by atoms with van der Waals surface area (Å²) < 4.78 is 4.26. The molecule has 0 atom stereocenters. The van der Waals surface area contributed by atoms with Gasteiger partial charge in [0.1, 0.15) is 0 Å². The molecule has 0 aromatic rings. The Morgan fingerprint density at radius 1 is 1.62 bits per heavy atom. The number of carbonyl (C=O) groups is 1. The first-order valence-corrected chi connectivity index (χ1v) is 2.32. The second-order valence-electron chi connectivity index (χ2n) is 0.930. The number of esters is 1. The Kier molecular flexibility index (Phi) is 12.6. The lowest BCUT2D eigenvalue weighted by atomic mass is 10.5. The van der Waals surface area contributed by atoms with Crippen LogP contribution in [-0.4, -0.2) is 25.3 Å². The minimum atomic E-state index is -0.157. The number of aliphatic hydroxyl groups is 1. The average molecular weight is 120 g/mol. The van der Waals surface area contributed by atoms with Crippen LogP contribution < -0.4 is 0 Å². The first-order chi connectivity index (χ1) is 3.81. The molecule has 0 radical (unpaired) electrons. The summed E-state index contributed by atoms with van der Waals surface area (Å²) in [5.74, 6) is -0.157. The third-order valence-electron chi connectivity index (χ3n) is 0.516. The first-order valence-electron chi connectivity index (χ1n) is 2.32. The van der Waals surface area contributed by atoms with Crippen LogP contribution in [0.25, 0.3) is 0 Å². The number of rotatable bonds is 1. The minimum absolute atomic E-state index is 0.157. The fourth-order valence-electron chi connectivity index (χ4n) is 0.144. The average Bonchev–Trinajstić information content (AvgIpc) is 1.91. The van der Waals surface area contributed by atoms with E-state index in [1.165, 1.54) is 7.11 Å². The zero-order valence-corrected chi connectivity index (χ0v) is 5.47. The van der Waals surface area contributed by atoms with Crippen molar-refractivity contribution in [2.45, 2.75) is 13.3 Å². The Morgan fingerprint density at radius 3 is 2.00 bits per heavy atom. The number of methoxy groups -OCH3 is 1. The highest BCUT2D eigenvalue weighted by Gasteiger charge is 1.87. The second-order valence-corrected chi connectivity index (χ2v) is 0.930. The van der Waals surface area contributed by atoms with Gasteiger partial charge >= 0.3 is 5.97 Å². The SMILES string of the molecule is CCC(=O)OC.CO. The molecule has 0 rings (SSSR count). The highest BCUT2D eigenvalue weighted by Crippen LogP contribution is 1.76. The highest BCUT2D eigenvalue weighted by molar-refractivity contribution is 5.68. The standard InChI is InChI=1S/C4H8O2.CH4O/c1-3-4(5)6-2;1-2/h3H2,1-2H3;2H,1H3. The lowest BCUT2D eigenvalue weighted by Gasteiger charge is -1.87. The second kappa shape index (κ2) is 9.66. The van der Waals surface area contributed by atoms with Crippen molar-refractivity contribution in [3.05, 3.63) is 0 Å². The molecule has 0 aliphatic rings. The lowest BCUT2D eigenvalue weighted by molar-refractivity contribution is -0.140.